The summed E-state index contributed by atoms with van der Waals surface area (Å²) in [6.07, 6.45) is 6.74. The molecule has 1 saturated heterocycles. The van der Waals surface area contributed by atoms with Gasteiger partial charge in [0.1, 0.15) is 6.33 Å². The Morgan fingerprint density at radius 3 is 2.91 bits per heavy atom. The SMILES string of the molecule is COc1ncc(N2CCc3ncnc(O[C@H]4CCCN4C(=O)c4ccno4)c3C2)cc1C. The average Bonchev–Trinajstić information content (AvgIpc) is 3.51. The molecule has 1 atom stereocenters. The fraction of sp³-hybridized carbons (Fsp3) is 0.409. The molecule has 0 radical (unpaired) electrons. The normalized spacial score (nSPS) is 17.9. The Hall–Kier alpha value is -3.69. The van der Waals surface area contributed by atoms with Crippen LogP contribution in [0, 0.1) is 6.92 Å². The highest BCUT2D eigenvalue weighted by molar-refractivity contribution is 5.91. The van der Waals surface area contributed by atoms with Crippen molar-refractivity contribution in [2.75, 3.05) is 25.1 Å². The molecule has 1 amide bonds. The first-order chi connectivity index (χ1) is 15.6. The molecule has 32 heavy (non-hydrogen) atoms. The fourth-order valence-corrected chi connectivity index (χ4v) is 4.26. The van der Waals surface area contributed by atoms with E-state index in [1.54, 1.807) is 18.1 Å². The van der Waals surface area contributed by atoms with Crippen LogP contribution in [0.25, 0.3) is 0 Å². The van der Waals surface area contributed by atoms with Crippen molar-refractivity contribution in [3.63, 3.8) is 0 Å². The Balaban J connectivity index is 1.37. The van der Waals surface area contributed by atoms with Gasteiger partial charge in [0.05, 0.1) is 43.0 Å². The minimum atomic E-state index is -0.410. The summed E-state index contributed by atoms with van der Waals surface area (Å²) in [4.78, 5) is 30.0. The average molecular weight is 436 g/mol. The molecule has 0 aromatic carbocycles. The van der Waals surface area contributed by atoms with Crippen molar-refractivity contribution < 1.29 is 18.8 Å². The van der Waals surface area contributed by atoms with E-state index in [-0.39, 0.29) is 11.7 Å². The van der Waals surface area contributed by atoms with Gasteiger partial charge in [-0.1, -0.05) is 5.16 Å². The van der Waals surface area contributed by atoms with E-state index in [4.69, 9.17) is 14.0 Å². The lowest BCUT2D eigenvalue weighted by Gasteiger charge is -2.32. The van der Waals surface area contributed by atoms with Gasteiger partial charge >= 0.3 is 0 Å². The lowest BCUT2D eigenvalue weighted by Crippen LogP contribution is -2.39. The van der Waals surface area contributed by atoms with Crippen LogP contribution in [0.3, 0.4) is 0 Å². The number of fused-ring (bicyclic) bond motifs is 1. The zero-order valence-electron chi connectivity index (χ0n) is 18.0. The van der Waals surface area contributed by atoms with Crippen LogP contribution in [0.1, 0.15) is 40.2 Å². The quantitative estimate of drug-likeness (QED) is 0.596. The number of hydrogen-bond donors (Lipinski definition) is 0. The molecular formula is C22H24N6O4. The van der Waals surface area contributed by atoms with E-state index in [1.165, 1.54) is 12.5 Å². The van der Waals surface area contributed by atoms with Crippen molar-refractivity contribution in [3.05, 3.63) is 53.4 Å². The van der Waals surface area contributed by atoms with Gasteiger partial charge in [-0.05, 0) is 19.4 Å². The number of hydrogen-bond acceptors (Lipinski definition) is 9. The van der Waals surface area contributed by atoms with E-state index >= 15 is 0 Å². The molecule has 3 aromatic rings. The monoisotopic (exact) mass is 436 g/mol. The Morgan fingerprint density at radius 2 is 2.12 bits per heavy atom. The summed E-state index contributed by atoms with van der Waals surface area (Å²) in [5.41, 5.74) is 3.89. The number of carbonyl (C=O) groups is 1. The maximum Gasteiger partial charge on any atom is 0.295 e. The van der Waals surface area contributed by atoms with Gasteiger partial charge in [-0.15, -0.1) is 0 Å². The zero-order chi connectivity index (χ0) is 22.1. The van der Waals surface area contributed by atoms with Crippen molar-refractivity contribution in [1.29, 1.82) is 0 Å². The van der Waals surface area contributed by atoms with Gasteiger partial charge in [0.25, 0.3) is 5.91 Å². The smallest absolute Gasteiger partial charge is 0.295 e. The highest BCUT2D eigenvalue weighted by atomic mass is 16.5. The van der Waals surface area contributed by atoms with E-state index in [0.29, 0.717) is 24.8 Å². The molecule has 0 N–H and O–H groups in total. The van der Waals surface area contributed by atoms with E-state index in [9.17, 15) is 4.79 Å². The Kier molecular flexibility index (Phi) is 5.34. The van der Waals surface area contributed by atoms with Gasteiger partial charge in [-0.2, -0.15) is 0 Å². The third kappa shape index (κ3) is 3.72. The van der Waals surface area contributed by atoms with Gasteiger partial charge < -0.3 is 23.8 Å². The van der Waals surface area contributed by atoms with E-state index in [1.807, 2.05) is 13.1 Å². The number of nitrogens with zero attached hydrogens (tertiary/aromatic N) is 6. The summed E-state index contributed by atoms with van der Waals surface area (Å²) in [7, 11) is 1.62. The van der Waals surface area contributed by atoms with Crippen molar-refractivity contribution in [2.45, 2.75) is 39.0 Å². The first kappa shape index (κ1) is 20.2. The Bertz CT molecular complexity index is 1120. The Labute approximate surface area is 185 Å². The van der Waals surface area contributed by atoms with Crippen molar-refractivity contribution in [3.8, 4) is 11.8 Å². The van der Waals surface area contributed by atoms with Crippen molar-refractivity contribution in [1.82, 2.24) is 25.0 Å². The van der Waals surface area contributed by atoms with Gasteiger partial charge in [-0.25, -0.2) is 15.0 Å². The topological polar surface area (TPSA) is 107 Å². The number of rotatable bonds is 5. The molecule has 0 unspecified atom stereocenters. The van der Waals surface area contributed by atoms with E-state index in [0.717, 1.165) is 48.3 Å². The number of ether oxygens (including phenoxy) is 2. The maximum absolute atomic E-state index is 12.8. The molecule has 10 heteroatoms. The van der Waals surface area contributed by atoms with Gasteiger partial charge in [0, 0.05) is 37.6 Å². The summed E-state index contributed by atoms with van der Waals surface area (Å²) < 4.78 is 16.6. The minimum Gasteiger partial charge on any atom is -0.481 e. The first-order valence-corrected chi connectivity index (χ1v) is 10.6. The molecule has 5 rings (SSSR count). The molecule has 166 valence electrons. The lowest BCUT2D eigenvalue weighted by molar-refractivity contribution is 0.0345. The number of methoxy groups -OCH3 is 1. The first-order valence-electron chi connectivity index (χ1n) is 10.6. The summed E-state index contributed by atoms with van der Waals surface area (Å²) in [5, 5.41) is 3.63. The van der Waals surface area contributed by atoms with Crippen molar-refractivity contribution >= 4 is 11.6 Å². The molecule has 5 heterocycles. The zero-order valence-corrected chi connectivity index (χ0v) is 18.0. The lowest BCUT2D eigenvalue weighted by atomic mass is 10.1. The molecule has 10 nitrogen and oxygen atoms in total. The van der Waals surface area contributed by atoms with Crippen LogP contribution < -0.4 is 14.4 Å². The van der Waals surface area contributed by atoms with Crippen LogP contribution in [-0.4, -0.2) is 57.3 Å². The van der Waals surface area contributed by atoms with E-state index < -0.39 is 6.23 Å². The second-order valence-electron chi connectivity index (χ2n) is 7.89. The van der Waals surface area contributed by atoms with Crippen LogP contribution in [-0.2, 0) is 13.0 Å². The number of aryl methyl sites for hydroxylation is 1. The van der Waals surface area contributed by atoms with Crippen LogP contribution in [0.4, 0.5) is 5.69 Å². The van der Waals surface area contributed by atoms with Crippen LogP contribution in [0.5, 0.6) is 11.8 Å². The molecule has 3 aromatic heterocycles. The molecule has 2 aliphatic rings. The van der Waals surface area contributed by atoms with Crippen molar-refractivity contribution in [2.24, 2.45) is 0 Å². The molecular weight excluding hydrogens is 412 g/mol. The Morgan fingerprint density at radius 1 is 1.22 bits per heavy atom. The molecule has 0 saturated carbocycles. The number of amides is 1. The predicted octanol–water partition coefficient (Wildman–Crippen LogP) is 2.38. The largest absolute Gasteiger partial charge is 0.481 e. The van der Waals surface area contributed by atoms with Crippen LogP contribution >= 0.6 is 0 Å². The molecule has 2 aliphatic heterocycles. The molecule has 1 fully saturated rings. The highest BCUT2D eigenvalue weighted by Gasteiger charge is 2.34. The number of anilines is 1. The number of aromatic nitrogens is 4. The number of likely N-dealkylation sites (tertiary alicyclic amines) is 1. The summed E-state index contributed by atoms with van der Waals surface area (Å²) in [6, 6.07) is 3.63. The molecule has 0 spiro atoms. The predicted molar refractivity (Wildman–Crippen MR) is 114 cm³/mol. The standard InChI is InChI=1S/C22H24N6O4/c1-14-10-15(11-23-20(14)30-2)27-9-6-17-16(12-27)21(25-13-24-17)31-19-4-3-8-28(19)22(29)18-5-7-26-32-18/h5,7,10-11,13,19H,3-4,6,8-9,12H2,1-2H3/t19-/m0/s1. The van der Waals surface area contributed by atoms with Gasteiger partial charge in [0.2, 0.25) is 17.5 Å². The third-order valence-corrected chi connectivity index (χ3v) is 5.89. The van der Waals surface area contributed by atoms with E-state index in [2.05, 4.69) is 31.1 Å². The minimum absolute atomic E-state index is 0.207. The fourth-order valence-electron chi connectivity index (χ4n) is 4.26. The molecule has 0 aliphatic carbocycles. The van der Waals surface area contributed by atoms with Gasteiger partial charge in [-0.3, -0.25) is 4.79 Å². The van der Waals surface area contributed by atoms with Crippen LogP contribution in [0.15, 0.2) is 35.4 Å². The summed E-state index contributed by atoms with van der Waals surface area (Å²) in [6.45, 7) is 3.99. The number of carbonyl (C=O) groups excluding carboxylic acids is 1. The molecule has 0 bridgehead atoms. The maximum atomic E-state index is 12.8. The summed E-state index contributed by atoms with van der Waals surface area (Å²) in [5.74, 6) is 1.12. The van der Waals surface area contributed by atoms with Gasteiger partial charge in [0.15, 0.2) is 6.23 Å². The third-order valence-electron chi connectivity index (χ3n) is 5.89. The van der Waals surface area contributed by atoms with Crippen LogP contribution in [0.2, 0.25) is 0 Å². The second kappa shape index (κ2) is 8.45. The number of pyridine rings is 1. The highest BCUT2D eigenvalue weighted by Crippen LogP contribution is 2.31. The second-order valence-corrected chi connectivity index (χ2v) is 7.89. The summed E-state index contributed by atoms with van der Waals surface area (Å²) >= 11 is 0.